The Morgan fingerprint density at radius 1 is 1.14 bits per heavy atom. The molecule has 0 aromatic carbocycles. The number of amides is 1. The van der Waals surface area contributed by atoms with E-state index in [2.05, 4.69) is 9.88 Å². The van der Waals surface area contributed by atoms with E-state index in [1.54, 1.807) is 17.0 Å². The van der Waals surface area contributed by atoms with Crippen molar-refractivity contribution in [2.75, 3.05) is 26.2 Å². The van der Waals surface area contributed by atoms with Crippen molar-refractivity contribution in [1.29, 1.82) is 0 Å². The summed E-state index contributed by atoms with van der Waals surface area (Å²) in [6.07, 6.45) is 3.48. The maximum absolute atomic E-state index is 12.4. The van der Waals surface area contributed by atoms with Gasteiger partial charge in [-0.05, 0) is 44.5 Å². The average Bonchev–Trinajstić information content (AvgIpc) is 3.17. The third kappa shape index (κ3) is 2.90. The number of hydrogen-bond acceptors (Lipinski definition) is 4. The molecule has 1 unspecified atom stereocenters. The highest BCUT2D eigenvalue weighted by molar-refractivity contribution is 5.94. The van der Waals surface area contributed by atoms with Crippen molar-refractivity contribution in [2.24, 2.45) is 0 Å². The van der Waals surface area contributed by atoms with Crippen molar-refractivity contribution in [3.05, 3.63) is 29.6 Å². The maximum Gasteiger partial charge on any atom is 0.354 e. The minimum atomic E-state index is -1.11. The lowest BCUT2D eigenvalue weighted by Crippen LogP contribution is -2.37. The summed E-state index contributed by atoms with van der Waals surface area (Å²) in [5.41, 5.74) is 0.133. The van der Waals surface area contributed by atoms with Crippen LogP contribution in [-0.2, 0) is 0 Å². The van der Waals surface area contributed by atoms with Crippen LogP contribution in [-0.4, -0.2) is 64.0 Å². The fourth-order valence-electron chi connectivity index (χ4n) is 3.17. The highest BCUT2D eigenvalue weighted by atomic mass is 16.4. The van der Waals surface area contributed by atoms with Gasteiger partial charge >= 0.3 is 5.97 Å². The third-order valence-corrected chi connectivity index (χ3v) is 4.29. The van der Waals surface area contributed by atoms with Crippen LogP contribution in [0.15, 0.2) is 18.2 Å². The smallest absolute Gasteiger partial charge is 0.354 e. The monoisotopic (exact) mass is 289 g/mol. The zero-order valence-corrected chi connectivity index (χ0v) is 11.9. The molecule has 2 aliphatic rings. The van der Waals surface area contributed by atoms with Crippen LogP contribution >= 0.6 is 0 Å². The van der Waals surface area contributed by atoms with E-state index in [1.807, 2.05) is 0 Å². The van der Waals surface area contributed by atoms with Gasteiger partial charge in [-0.15, -0.1) is 0 Å². The fraction of sp³-hybridized carbons (Fsp3) is 0.533. The lowest BCUT2D eigenvalue weighted by molar-refractivity contribution is 0.0690. The summed E-state index contributed by atoms with van der Waals surface area (Å²) >= 11 is 0. The van der Waals surface area contributed by atoms with E-state index in [9.17, 15) is 9.59 Å². The van der Waals surface area contributed by atoms with Gasteiger partial charge in [-0.2, -0.15) is 0 Å². The Hall–Kier alpha value is -1.95. The van der Waals surface area contributed by atoms with Gasteiger partial charge in [0, 0.05) is 19.1 Å². The topological polar surface area (TPSA) is 73.7 Å². The van der Waals surface area contributed by atoms with Crippen LogP contribution in [0.2, 0.25) is 0 Å². The minimum Gasteiger partial charge on any atom is -0.477 e. The molecule has 0 aliphatic carbocycles. The van der Waals surface area contributed by atoms with Gasteiger partial charge in [-0.3, -0.25) is 9.69 Å². The molecular weight excluding hydrogens is 270 g/mol. The summed E-state index contributed by atoms with van der Waals surface area (Å²) in [7, 11) is 0. The normalized spacial score (nSPS) is 22.7. The number of carbonyl (C=O) groups excluding carboxylic acids is 1. The zero-order valence-electron chi connectivity index (χ0n) is 11.9. The third-order valence-electron chi connectivity index (χ3n) is 4.29. The van der Waals surface area contributed by atoms with Crippen molar-refractivity contribution in [2.45, 2.75) is 25.3 Å². The number of carboxylic acids is 1. The van der Waals surface area contributed by atoms with Crippen LogP contribution in [0, 0.1) is 0 Å². The second-order valence-corrected chi connectivity index (χ2v) is 5.65. The van der Waals surface area contributed by atoms with Gasteiger partial charge in [0.25, 0.3) is 5.91 Å². The second-order valence-electron chi connectivity index (χ2n) is 5.65. The Morgan fingerprint density at radius 2 is 1.86 bits per heavy atom. The summed E-state index contributed by atoms with van der Waals surface area (Å²) in [5.74, 6) is -1.28. The highest BCUT2D eigenvalue weighted by Gasteiger charge is 2.32. The van der Waals surface area contributed by atoms with Gasteiger partial charge in [-0.1, -0.05) is 6.07 Å². The van der Waals surface area contributed by atoms with Gasteiger partial charge in [0.2, 0.25) is 0 Å². The summed E-state index contributed by atoms with van der Waals surface area (Å²) in [6.45, 7) is 3.69. The first-order chi connectivity index (χ1) is 10.1. The number of pyridine rings is 1. The van der Waals surface area contributed by atoms with Gasteiger partial charge < -0.3 is 10.0 Å². The molecule has 2 aliphatic heterocycles. The molecule has 1 aromatic heterocycles. The summed E-state index contributed by atoms with van der Waals surface area (Å²) in [6, 6.07) is 4.99. The molecule has 0 bridgehead atoms. The Morgan fingerprint density at radius 3 is 2.57 bits per heavy atom. The van der Waals surface area contributed by atoms with E-state index in [4.69, 9.17) is 5.11 Å². The number of nitrogens with zero attached hydrogens (tertiary/aromatic N) is 3. The molecule has 0 spiro atoms. The first-order valence-electron chi connectivity index (χ1n) is 7.39. The van der Waals surface area contributed by atoms with Gasteiger partial charge in [0.05, 0.1) is 0 Å². The van der Waals surface area contributed by atoms with Crippen molar-refractivity contribution in [3.8, 4) is 0 Å². The number of carboxylic acid groups (broad SMARTS) is 1. The molecular formula is C15H19N3O3. The Kier molecular flexibility index (Phi) is 3.88. The minimum absolute atomic E-state index is 0.0869. The molecule has 112 valence electrons. The average molecular weight is 289 g/mol. The Labute approximate surface area is 123 Å². The molecule has 6 heteroatoms. The van der Waals surface area contributed by atoms with Crippen LogP contribution in [0.5, 0.6) is 0 Å². The van der Waals surface area contributed by atoms with E-state index >= 15 is 0 Å². The van der Waals surface area contributed by atoms with Crippen LogP contribution < -0.4 is 0 Å². The Balaban J connectivity index is 1.68. The summed E-state index contributed by atoms with van der Waals surface area (Å²) in [4.78, 5) is 31.5. The molecule has 2 fully saturated rings. The summed E-state index contributed by atoms with van der Waals surface area (Å²) < 4.78 is 0. The highest BCUT2D eigenvalue weighted by Crippen LogP contribution is 2.21. The number of hydrogen-bond donors (Lipinski definition) is 1. The van der Waals surface area contributed by atoms with E-state index < -0.39 is 5.97 Å². The lowest BCUT2D eigenvalue weighted by atomic mass is 10.2. The molecule has 1 amide bonds. The van der Waals surface area contributed by atoms with Crippen molar-refractivity contribution in [1.82, 2.24) is 14.8 Å². The molecule has 6 nitrogen and oxygen atoms in total. The van der Waals surface area contributed by atoms with Crippen LogP contribution in [0.1, 0.15) is 40.2 Å². The van der Waals surface area contributed by atoms with Crippen molar-refractivity contribution < 1.29 is 14.7 Å². The molecule has 0 radical (unpaired) electrons. The first-order valence-corrected chi connectivity index (χ1v) is 7.39. The summed E-state index contributed by atoms with van der Waals surface area (Å²) in [5, 5.41) is 8.95. The van der Waals surface area contributed by atoms with Crippen LogP contribution in [0.25, 0.3) is 0 Å². The molecule has 1 atom stereocenters. The molecule has 2 saturated heterocycles. The van der Waals surface area contributed by atoms with E-state index in [0.717, 1.165) is 32.6 Å². The fourth-order valence-corrected chi connectivity index (χ4v) is 3.17. The quantitative estimate of drug-likeness (QED) is 0.901. The van der Waals surface area contributed by atoms with E-state index in [-0.39, 0.29) is 17.3 Å². The number of aromatic nitrogens is 1. The number of likely N-dealkylation sites (tertiary alicyclic amines) is 2. The largest absolute Gasteiger partial charge is 0.477 e. The zero-order chi connectivity index (χ0) is 14.8. The molecule has 3 heterocycles. The van der Waals surface area contributed by atoms with Crippen LogP contribution in [0.3, 0.4) is 0 Å². The van der Waals surface area contributed by atoms with Gasteiger partial charge in [0.15, 0.2) is 0 Å². The standard InChI is InChI=1S/C15H19N3O3/c19-14(12-4-3-5-13(16-12)15(20)21)18-9-6-11(10-18)17-7-1-2-8-17/h3-5,11H,1-2,6-10H2,(H,20,21). The molecule has 3 rings (SSSR count). The molecule has 1 N–H and O–H groups in total. The van der Waals surface area contributed by atoms with Crippen LogP contribution in [0.4, 0.5) is 0 Å². The molecule has 1 aromatic rings. The first kappa shape index (κ1) is 14.0. The predicted octanol–water partition coefficient (Wildman–Crippen LogP) is 1.09. The van der Waals surface area contributed by atoms with Gasteiger partial charge in [0.1, 0.15) is 11.4 Å². The SMILES string of the molecule is O=C(O)c1cccc(C(=O)N2CCC(N3CCCC3)C2)n1. The Bertz CT molecular complexity index is 555. The number of carbonyl (C=O) groups is 2. The lowest BCUT2D eigenvalue weighted by Gasteiger charge is -2.23. The predicted molar refractivity (Wildman–Crippen MR) is 76.3 cm³/mol. The molecule has 0 saturated carbocycles. The van der Waals surface area contributed by atoms with Crippen molar-refractivity contribution >= 4 is 11.9 Å². The van der Waals surface area contributed by atoms with E-state index in [0.29, 0.717) is 6.04 Å². The number of rotatable bonds is 3. The van der Waals surface area contributed by atoms with E-state index in [1.165, 1.54) is 18.9 Å². The van der Waals surface area contributed by atoms with Gasteiger partial charge in [-0.25, -0.2) is 9.78 Å². The maximum atomic E-state index is 12.4. The van der Waals surface area contributed by atoms with Crippen molar-refractivity contribution in [3.63, 3.8) is 0 Å². The molecule has 21 heavy (non-hydrogen) atoms. The second kappa shape index (κ2) is 5.81. The number of aromatic carboxylic acids is 1.